The van der Waals surface area contributed by atoms with E-state index in [-0.39, 0.29) is 24.0 Å². The van der Waals surface area contributed by atoms with Crippen LogP contribution in [0.25, 0.3) is 0 Å². The Balaban J connectivity index is 1.48. The van der Waals surface area contributed by atoms with E-state index in [1.165, 1.54) is 28.6 Å². The standard InChI is InChI=1S/C23H26N2O5S/c1-29-21-9-3-4-10-22(21)30-18-8-5-15-24-23(26)19-11-13-20(14-12-19)31(27,28)25-16-6-2-7-17-25/h3-4,9-14H,2,6-7,15-18H2,1H3,(H,24,26). The van der Waals surface area contributed by atoms with E-state index in [0.717, 1.165) is 19.3 Å². The summed E-state index contributed by atoms with van der Waals surface area (Å²) in [6.45, 7) is 1.41. The predicted molar refractivity (Wildman–Crippen MR) is 118 cm³/mol. The second kappa shape index (κ2) is 10.8. The van der Waals surface area contributed by atoms with Crippen LogP contribution in [0.3, 0.4) is 0 Å². The molecule has 1 aliphatic rings. The van der Waals surface area contributed by atoms with Crippen molar-refractivity contribution < 1.29 is 22.7 Å². The average Bonchev–Trinajstić information content (AvgIpc) is 2.82. The second-order valence-electron chi connectivity index (χ2n) is 6.96. The largest absolute Gasteiger partial charge is 0.493 e. The average molecular weight is 443 g/mol. The number of nitrogens with zero attached hydrogens (tertiary/aromatic N) is 1. The number of carbonyl (C=O) groups excluding carboxylic acids is 1. The molecule has 0 atom stereocenters. The van der Waals surface area contributed by atoms with Gasteiger partial charge in [0.05, 0.1) is 18.6 Å². The minimum Gasteiger partial charge on any atom is -0.493 e. The maximum absolute atomic E-state index is 12.7. The van der Waals surface area contributed by atoms with Crippen LogP contribution in [-0.2, 0) is 10.0 Å². The van der Waals surface area contributed by atoms with Gasteiger partial charge in [-0.05, 0) is 49.2 Å². The molecular weight excluding hydrogens is 416 g/mol. The molecule has 3 rings (SSSR count). The van der Waals surface area contributed by atoms with Gasteiger partial charge in [-0.15, -0.1) is 0 Å². The van der Waals surface area contributed by atoms with Crippen LogP contribution in [0.1, 0.15) is 29.6 Å². The first-order valence-electron chi connectivity index (χ1n) is 10.1. The SMILES string of the molecule is COc1ccccc1OCC#CCNC(=O)c1ccc(S(=O)(=O)N2CCCCC2)cc1. The quantitative estimate of drug-likeness (QED) is 0.667. The van der Waals surface area contributed by atoms with Gasteiger partial charge >= 0.3 is 0 Å². The van der Waals surface area contributed by atoms with Crippen molar-refractivity contribution in [2.75, 3.05) is 33.4 Å². The van der Waals surface area contributed by atoms with Gasteiger partial charge in [0, 0.05) is 18.7 Å². The number of ether oxygens (including phenoxy) is 2. The highest BCUT2D eigenvalue weighted by Gasteiger charge is 2.25. The fourth-order valence-electron chi connectivity index (χ4n) is 3.22. The van der Waals surface area contributed by atoms with Crippen LogP contribution in [0.15, 0.2) is 53.4 Å². The number of rotatable bonds is 7. The number of piperidine rings is 1. The van der Waals surface area contributed by atoms with Crippen molar-refractivity contribution in [2.45, 2.75) is 24.2 Å². The van der Waals surface area contributed by atoms with Gasteiger partial charge in [-0.2, -0.15) is 4.31 Å². The maximum Gasteiger partial charge on any atom is 0.252 e. The van der Waals surface area contributed by atoms with Crippen molar-refractivity contribution in [2.24, 2.45) is 0 Å². The summed E-state index contributed by atoms with van der Waals surface area (Å²) >= 11 is 0. The molecule has 0 spiro atoms. The van der Waals surface area contributed by atoms with Gasteiger partial charge in [0.1, 0.15) is 6.61 Å². The molecule has 0 saturated carbocycles. The normalized spacial score (nSPS) is 14.2. The van der Waals surface area contributed by atoms with Gasteiger partial charge in [-0.25, -0.2) is 8.42 Å². The molecule has 164 valence electrons. The number of amides is 1. The lowest BCUT2D eigenvalue weighted by Gasteiger charge is -2.25. The molecule has 2 aromatic carbocycles. The summed E-state index contributed by atoms with van der Waals surface area (Å²) in [4.78, 5) is 12.5. The lowest BCUT2D eigenvalue weighted by Crippen LogP contribution is -2.35. The zero-order valence-electron chi connectivity index (χ0n) is 17.5. The number of hydrogen-bond donors (Lipinski definition) is 1. The van der Waals surface area contributed by atoms with Crippen molar-refractivity contribution in [3.8, 4) is 23.3 Å². The molecule has 7 nitrogen and oxygen atoms in total. The van der Waals surface area contributed by atoms with Gasteiger partial charge in [0.25, 0.3) is 5.91 Å². The molecule has 0 aromatic heterocycles. The maximum atomic E-state index is 12.7. The van der Waals surface area contributed by atoms with Crippen LogP contribution < -0.4 is 14.8 Å². The Hall–Kier alpha value is -3.02. The summed E-state index contributed by atoms with van der Waals surface area (Å²) in [5.41, 5.74) is 0.379. The van der Waals surface area contributed by atoms with E-state index in [0.29, 0.717) is 30.2 Å². The minimum atomic E-state index is -3.50. The van der Waals surface area contributed by atoms with Crippen molar-refractivity contribution in [1.82, 2.24) is 9.62 Å². The molecule has 0 bridgehead atoms. The van der Waals surface area contributed by atoms with Gasteiger partial charge in [0.15, 0.2) is 11.5 Å². The smallest absolute Gasteiger partial charge is 0.252 e. The molecule has 1 fully saturated rings. The Morgan fingerprint density at radius 3 is 2.35 bits per heavy atom. The Labute approximate surface area is 183 Å². The van der Waals surface area contributed by atoms with Crippen LogP contribution in [0.4, 0.5) is 0 Å². The third-order valence-electron chi connectivity index (χ3n) is 4.90. The predicted octanol–water partition coefficient (Wildman–Crippen LogP) is 2.68. The monoisotopic (exact) mass is 442 g/mol. The molecule has 2 aromatic rings. The zero-order valence-corrected chi connectivity index (χ0v) is 18.3. The van der Waals surface area contributed by atoms with E-state index < -0.39 is 10.0 Å². The topological polar surface area (TPSA) is 84.9 Å². The minimum absolute atomic E-state index is 0.155. The molecule has 1 N–H and O–H groups in total. The summed E-state index contributed by atoms with van der Waals surface area (Å²) in [6, 6.07) is 13.3. The summed E-state index contributed by atoms with van der Waals surface area (Å²) < 4.78 is 37.6. The van der Waals surface area contributed by atoms with Gasteiger partial charge < -0.3 is 14.8 Å². The van der Waals surface area contributed by atoms with Crippen molar-refractivity contribution >= 4 is 15.9 Å². The first kappa shape index (κ1) is 22.7. The third-order valence-corrected chi connectivity index (χ3v) is 6.81. The van der Waals surface area contributed by atoms with Crippen molar-refractivity contribution in [1.29, 1.82) is 0 Å². The van der Waals surface area contributed by atoms with E-state index in [1.54, 1.807) is 19.2 Å². The van der Waals surface area contributed by atoms with Crippen LogP contribution in [0, 0.1) is 11.8 Å². The molecule has 0 radical (unpaired) electrons. The highest BCUT2D eigenvalue weighted by molar-refractivity contribution is 7.89. The van der Waals surface area contributed by atoms with E-state index in [2.05, 4.69) is 17.2 Å². The van der Waals surface area contributed by atoms with Gasteiger partial charge in [-0.1, -0.05) is 30.4 Å². The number of carbonyl (C=O) groups is 1. The number of nitrogens with one attached hydrogen (secondary N) is 1. The first-order valence-corrected chi connectivity index (χ1v) is 11.6. The Morgan fingerprint density at radius 2 is 1.68 bits per heavy atom. The molecule has 1 aliphatic heterocycles. The zero-order chi connectivity index (χ0) is 22.1. The highest BCUT2D eigenvalue weighted by Crippen LogP contribution is 2.25. The number of sulfonamides is 1. The van der Waals surface area contributed by atoms with E-state index in [9.17, 15) is 13.2 Å². The van der Waals surface area contributed by atoms with Crippen LogP contribution in [0.2, 0.25) is 0 Å². The summed E-state index contributed by atoms with van der Waals surface area (Å²) in [7, 11) is -1.93. The number of benzene rings is 2. The fraction of sp³-hybridized carbons (Fsp3) is 0.348. The highest BCUT2D eigenvalue weighted by atomic mass is 32.2. The molecule has 1 amide bonds. The first-order chi connectivity index (χ1) is 15.0. The number of para-hydroxylation sites is 2. The lowest BCUT2D eigenvalue weighted by atomic mass is 10.2. The second-order valence-corrected chi connectivity index (χ2v) is 8.90. The van der Waals surface area contributed by atoms with Crippen molar-refractivity contribution in [3.63, 3.8) is 0 Å². The molecule has 1 heterocycles. The third kappa shape index (κ3) is 6.00. The van der Waals surface area contributed by atoms with Crippen LogP contribution >= 0.6 is 0 Å². The van der Waals surface area contributed by atoms with Crippen molar-refractivity contribution in [3.05, 3.63) is 54.1 Å². The summed E-state index contributed by atoms with van der Waals surface area (Å²) in [5, 5.41) is 2.69. The molecule has 0 aliphatic carbocycles. The molecule has 8 heteroatoms. The Morgan fingerprint density at radius 1 is 1.00 bits per heavy atom. The molecule has 0 unspecified atom stereocenters. The van der Waals surface area contributed by atoms with Crippen LogP contribution in [0.5, 0.6) is 11.5 Å². The van der Waals surface area contributed by atoms with Gasteiger partial charge in [0.2, 0.25) is 10.0 Å². The van der Waals surface area contributed by atoms with E-state index in [1.807, 2.05) is 12.1 Å². The van der Waals surface area contributed by atoms with E-state index >= 15 is 0 Å². The molecular formula is C23H26N2O5S. The molecule has 31 heavy (non-hydrogen) atoms. The number of hydrogen-bond acceptors (Lipinski definition) is 5. The number of methoxy groups -OCH3 is 1. The lowest BCUT2D eigenvalue weighted by molar-refractivity contribution is 0.0958. The fourth-order valence-corrected chi connectivity index (χ4v) is 4.74. The van der Waals surface area contributed by atoms with E-state index in [4.69, 9.17) is 9.47 Å². The van der Waals surface area contributed by atoms with Crippen LogP contribution in [-0.4, -0.2) is 52.0 Å². The molecule has 1 saturated heterocycles. The summed E-state index contributed by atoms with van der Waals surface area (Å²) in [6.07, 6.45) is 2.82. The van der Waals surface area contributed by atoms with Gasteiger partial charge in [-0.3, -0.25) is 4.79 Å². The summed E-state index contributed by atoms with van der Waals surface area (Å²) in [5.74, 6) is 6.56. The Bertz CT molecular complexity index is 1050. The Kier molecular flexibility index (Phi) is 7.93.